The Labute approximate surface area is 162 Å². The smallest absolute Gasteiger partial charge is 0.228 e. The van der Waals surface area contributed by atoms with Crippen LogP contribution in [0.4, 0.5) is 5.82 Å². The number of rotatable bonds is 5. The van der Waals surface area contributed by atoms with Gasteiger partial charge in [0.25, 0.3) is 0 Å². The summed E-state index contributed by atoms with van der Waals surface area (Å²) in [5.41, 5.74) is 2.91. The molecule has 0 radical (unpaired) electrons. The Balaban J connectivity index is 1.61. The van der Waals surface area contributed by atoms with E-state index in [1.807, 2.05) is 19.1 Å². The van der Waals surface area contributed by atoms with Crippen molar-refractivity contribution in [2.75, 3.05) is 5.32 Å². The second-order valence-electron chi connectivity index (χ2n) is 7.36. The lowest BCUT2D eigenvalue weighted by Gasteiger charge is -2.15. The minimum absolute atomic E-state index is 0.0256. The third-order valence-corrected chi connectivity index (χ3v) is 4.97. The lowest BCUT2D eigenvalue weighted by Crippen LogP contribution is -2.15. The number of hydrogen-bond acceptors (Lipinski definition) is 6. The van der Waals surface area contributed by atoms with E-state index < -0.39 is 12.2 Å². The van der Waals surface area contributed by atoms with Crippen molar-refractivity contribution in [1.82, 2.24) is 15.0 Å². The zero-order chi connectivity index (χ0) is 19.8. The van der Waals surface area contributed by atoms with E-state index in [1.54, 1.807) is 24.7 Å². The molecule has 1 saturated carbocycles. The number of nitrogens with one attached hydrogen (secondary N) is 1. The SMILES string of the molecule is Cc1cc([C@H](O)[C@@H](C)O)ncc1-c1cc2cnc(NC(=O)C3CC3)cc2cn1. The highest BCUT2D eigenvalue weighted by Gasteiger charge is 2.29. The van der Waals surface area contributed by atoms with Gasteiger partial charge in [0.05, 0.1) is 17.5 Å². The number of carbonyl (C=O) groups excluding carboxylic acids is 1. The van der Waals surface area contributed by atoms with Gasteiger partial charge in [0.15, 0.2) is 0 Å². The quantitative estimate of drug-likeness (QED) is 0.630. The zero-order valence-corrected chi connectivity index (χ0v) is 15.8. The van der Waals surface area contributed by atoms with Crippen molar-refractivity contribution in [2.24, 2.45) is 5.92 Å². The number of fused-ring (bicyclic) bond motifs is 1. The number of aryl methyl sites for hydroxylation is 1. The lowest BCUT2D eigenvalue weighted by atomic mass is 10.0. The van der Waals surface area contributed by atoms with E-state index >= 15 is 0 Å². The van der Waals surface area contributed by atoms with Crippen LogP contribution in [-0.2, 0) is 4.79 Å². The number of carbonyl (C=O) groups is 1. The molecule has 3 heterocycles. The summed E-state index contributed by atoms with van der Waals surface area (Å²) in [6.07, 6.45) is 5.11. The van der Waals surface area contributed by atoms with Crippen LogP contribution in [0.3, 0.4) is 0 Å². The highest BCUT2D eigenvalue weighted by molar-refractivity contribution is 5.95. The summed E-state index contributed by atoms with van der Waals surface area (Å²) >= 11 is 0. The summed E-state index contributed by atoms with van der Waals surface area (Å²) in [5.74, 6) is 0.689. The van der Waals surface area contributed by atoms with Crippen molar-refractivity contribution in [1.29, 1.82) is 0 Å². The van der Waals surface area contributed by atoms with Crippen LogP contribution in [0, 0.1) is 12.8 Å². The van der Waals surface area contributed by atoms with Crippen molar-refractivity contribution in [2.45, 2.75) is 38.9 Å². The maximum absolute atomic E-state index is 11.9. The molecule has 3 N–H and O–H groups in total. The van der Waals surface area contributed by atoms with Gasteiger partial charge in [-0.2, -0.15) is 0 Å². The summed E-state index contributed by atoms with van der Waals surface area (Å²) in [5, 5.41) is 24.2. The molecule has 144 valence electrons. The molecule has 0 bridgehead atoms. The van der Waals surface area contributed by atoms with Gasteiger partial charge in [0.2, 0.25) is 5.91 Å². The summed E-state index contributed by atoms with van der Waals surface area (Å²) in [4.78, 5) is 25.0. The highest BCUT2D eigenvalue weighted by atomic mass is 16.3. The van der Waals surface area contributed by atoms with Gasteiger partial charge in [0, 0.05) is 40.8 Å². The van der Waals surface area contributed by atoms with E-state index in [2.05, 4.69) is 20.3 Å². The molecule has 7 heteroatoms. The Morgan fingerprint density at radius 3 is 2.46 bits per heavy atom. The van der Waals surface area contributed by atoms with E-state index in [0.717, 1.165) is 40.4 Å². The van der Waals surface area contributed by atoms with Gasteiger partial charge in [-0.05, 0) is 50.5 Å². The van der Waals surface area contributed by atoms with Gasteiger partial charge in [-0.25, -0.2) is 4.98 Å². The number of hydrogen-bond donors (Lipinski definition) is 3. The lowest BCUT2D eigenvalue weighted by molar-refractivity contribution is -0.117. The molecule has 28 heavy (non-hydrogen) atoms. The van der Waals surface area contributed by atoms with Crippen LogP contribution in [0.5, 0.6) is 0 Å². The molecule has 1 aliphatic rings. The molecule has 4 rings (SSSR count). The standard InChI is InChI=1S/C21H22N4O3/c1-11-5-18(20(27)12(2)26)23-10-16(11)17-6-14-9-24-19(7-15(14)8-22-17)25-21(28)13-3-4-13/h5-10,12-13,20,26-27H,3-4H2,1-2H3,(H,24,25,28)/t12-,20-/m1/s1. The van der Waals surface area contributed by atoms with Gasteiger partial charge in [-0.3, -0.25) is 14.8 Å². The molecule has 0 saturated heterocycles. The first kappa shape index (κ1) is 18.5. The minimum atomic E-state index is -1.02. The molecular weight excluding hydrogens is 356 g/mol. The normalized spacial score (nSPS) is 16.0. The van der Waals surface area contributed by atoms with Gasteiger partial charge >= 0.3 is 0 Å². The maximum atomic E-state index is 11.9. The number of aliphatic hydroxyl groups excluding tert-OH is 2. The first-order valence-corrected chi connectivity index (χ1v) is 9.32. The molecule has 3 aromatic heterocycles. The summed E-state index contributed by atoms with van der Waals surface area (Å²) in [6.45, 7) is 3.44. The van der Waals surface area contributed by atoms with Crippen LogP contribution in [-0.4, -0.2) is 37.2 Å². The number of pyridine rings is 3. The highest BCUT2D eigenvalue weighted by Crippen LogP contribution is 2.31. The van der Waals surface area contributed by atoms with E-state index in [1.165, 1.54) is 6.92 Å². The van der Waals surface area contributed by atoms with Gasteiger partial charge in [-0.1, -0.05) is 0 Å². The third-order valence-electron chi connectivity index (χ3n) is 4.97. The van der Waals surface area contributed by atoms with E-state index in [-0.39, 0.29) is 11.8 Å². The average Bonchev–Trinajstić information content (AvgIpc) is 3.52. The predicted octanol–water partition coefficient (Wildman–Crippen LogP) is 2.76. The molecule has 7 nitrogen and oxygen atoms in total. The fourth-order valence-corrected chi connectivity index (χ4v) is 3.08. The molecule has 0 unspecified atom stereocenters. The van der Waals surface area contributed by atoms with Crippen LogP contribution >= 0.6 is 0 Å². The first-order valence-electron chi connectivity index (χ1n) is 9.32. The number of aromatic nitrogens is 3. The number of nitrogens with zero attached hydrogens (tertiary/aromatic N) is 3. The van der Waals surface area contributed by atoms with Crippen molar-refractivity contribution >= 4 is 22.5 Å². The van der Waals surface area contributed by atoms with Crippen LogP contribution in [0.2, 0.25) is 0 Å². The Bertz CT molecular complexity index is 1050. The molecule has 3 aromatic rings. The minimum Gasteiger partial charge on any atom is -0.390 e. The molecular formula is C21H22N4O3. The average molecular weight is 378 g/mol. The first-order chi connectivity index (χ1) is 13.4. The second-order valence-corrected chi connectivity index (χ2v) is 7.36. The van der Waals surface area contributed by atoms with Crippen molar-refractivity contribution in [3.8, 4) is 11.3 Å². The second kappa shape index (κ2) is 7.26. The Kier molecular flexibility index (Phi) is 4.78. The van der Waals surface area contributed by atoms with Crippen LogP contribution in [0.15, 0.2) is 36.8 Å². The number of amides is 1. The maximum Gasteiger partial charge on any atom is 0.228 e. The summed E-state index contributed by atoms with van der Waals surface area (Å²) in [6, 6.07) is 5.50. The Hall–Kier alpha value is -2.90. The van der Waals surface area contributed by atoms with Crippen molar-refractivity contribution < 1.29 is 15.0 Å². The van der Waals surface area contributed by atoms with E-state index in [9.17, 15) is 15.0 Å². The van der Waals surface area contributed by atoms with Gasteiger partial charge in [0.1, 0.15) is 11.9 Å². The van der Waals surface area contributed by atoms with Crippen molar-refractivity contribution in [3.05, 3.63) is 48.0 Å². The van der Waals surface area contributed by atoms with Crippen LogP contribution < -0.4 is 5.32 Å². The zero-order valence-electron chi connectivity index (χ0n) is 15.8. The largest absolute Gasteiger partial charge is 0.390 e. The molecule has 1 aliphatic carbocycles. The van der Waals surface area contributed by atoms with E-state index in [4.69, 9.17) is 0 Å². The topological polar surface area (TPSA) is 108 Å². The number of aliphatic hydroxyl groups is 2. The fourth-order valence-electron chi connectivity index (χ4n) is 3.08. The summed E-state index contributed by atoms with van der Waals surface area (Å²) < 4.78 is 0. The molecule has 2 atom stereocenters. The number of anilines is 1. The van der Waals surface area contributed by atoms with Crippen LogP contribution in [0.1, 0.15) is 37.1 Å². The van der Waals surface area contributed by atoms with Gasteiger partial charge < -0.3 is 15.5 Å². The molecule has 0 aromatic carbocycles. The monoisotopic (exact) mass is 378 g/mol. The van der Waals surface area contributed by atoms with E-state index in [0.29, 0.717) is 11.5 Å². The van der Waals surface area contributed by atoms with Crippen molar-refractivity contribution in [3.63, 3.8) is 0 Å². The summed E-state index contributed by atoms with van der Waals surface area (Å²) in [7, 11) is 0. The molecule has 0 spiro atoms. The Morgan fingerprint density at radius 2 is 1.79 bits per heavy atom. The Morgan fingerprint density at radius 1 is 1.07 bits per heavy atom. The van der Waals surface area contributed by atoms with Gasteiger partial charge in [-0.15, -0.1) is 0 Å². The molecule has 1 amide bonds. The fraction of sp³-hybridized carbons (Fsp3) is 0.333. The van der Waals surface area contributed by atoms with Crippen LogP contribution in [0.25, 0.3) is 22.0 Å². The predicted molar refractivity (Wildman–Crippen MR) is 106 cm³/mol. The third kappa shape index (κ3) is 3.72. The molecule has 0 aliphatic heterocycles. The molecule has 1 fully saturated rings.